The van der Waals surface area contributed by atoms with Gasteiger partial charge >= 0.3 is 0 Å². The van der Waals surface area contributed by atoms with Gasteiger partial charge in [0.2, 0.25) is 0 Å². The second kappa shape index (κ2) is 4.14. The van der Waals surface area contributed by atoms with Crippen molar-refractivity contribution in [3.8, 4) is 0 Å². The fourth-order valence-electron chi connectivity index (χ4n) is 2.51. The van der Waals surface area contributed by atoms with E-state index in [-0.39, 0.29) is 5.15 Å². The molecule has 18 heavy (non-hydrogen) atoms. The second-order valence-electron chi connectivity index (χ2n) is 4.45. The van der Waals surface area contributed by atoms with Gasteiger partial charge in [0.05, 0.1) is 0 Å². The zero-order chi connectivity index (χ0) is 12.7. The van der Waals surface area contributed by atoms with Crippen molar-refractivity contribution in [1.29, 1.82) is 0 Å². The van der Waals surface area contributed by atoms with Gasteiger partial charge in [-0.05, 0) is 5.56 Å². The number of imidazole rings is 1. The van der Waals surface area contributed by atoms with Crippen LogP contribution in [0.2, 0.25) is 5.15 Å². The minimum Gasteiger partial charge on any atom is -0.364 e. The topological polar surface area (TPSA) is 60.9 Å². The van der Waals surface area contributed by atoms with Crippen LogP contribution in [0, 0.1) is 0 Å². The molecule has 1 aliphatic rings. The Hall–Kier alpha value is -1.81. The van der Waals surface area contributed by atoms with Gasteiger partial charge < -0.3 is 10.3 Å². The predicted molar refractivity (Wildman–Crippen MR) is 68.6 cm³/mol. The fraction of sp³-hybridized carbons (Fsp3) is 0.231. The molecular weight excluding hydrogens is 250 g/mol. The summed E-state index contributed by atoms with van der Waals surface area (Å²) >= 11 is 5.92. The number of primary amides is 1. The first-order valence-corrected chi connectivity index (χ1v) is 6.14. The standard InChI is InChI=1S/C13H12ClN3O/c14-12-11(13(15)18)17-7-9(6-10(17)16-12)8-4-2-1-3-5-8/h1-5,9H,6-7H2,(H2,15,18). The highest BCUT2D eigenvalue weighted by Crippen LogP contribution is 2.32. The van der Waals surface area contributed by atoms with Gasteiger partial charge in [-0.3, -0.25) is 4.79 Å². The number of carbonyl (C=O) groups is 1. The molecule has 5 heteroatoms. The van der Waals surface area contributed by atoms with Crippen molar-refractivity contribution < 1.29 is 4.79 Å². The number of amides is 1. The van der Waals surface area contributed by atoms with Crippen LogP contribution in [0.5, 0.6) is 0 Å². The molecule has 0 fully saturated rings. The number of hydrogen-bond acceptors (Lipinski definition) is 2. The van der Waals surface area contributed by atoms with E-state index in [0.29, 0.717) is 18.2 Å². The third-order valence-electron chi connectivity index (χ3n) is 3.34. The van der Waals surface area contributed by atoms with Crippen molar-refractivity contribution in [2.75, 3.05) is 0 Å². The van der Waals surface area contributed by atoms with E-state index in [1.165, 1.54) is 5.56 Å². The summed E-state index contributed by atoms with van der Waals surface area (Å²) < 4.78 is 1.84. The molecule has 0 saturated heterocycles. The smallest absolute Gasteiger partial charge is 0.268 e. The molecule has 1 aromatic carbocycles. The monoisotopic (exact) mass is 261 g/mol. The summed E-state index contributed by atoms with van der Waals surface area (Å²) in [4.78, 5) is 15.6. The number of nitrogens with two attached hydrogens (primary N) is 1. The van der Waals surface area contributed by atoms with Crippen LogP contribution in [0.15, 0.2) is 30.3 Å². The highest BCUT2D eigenvalue weighted by atomic mass is 35.5. The van der Waals surface area contributed by atoms with E-state index in [1.807, 2.05) is 22.8 Å². The number of rotatable bonds is 2. The summed E-state index contributed by atoms with van der Waals surface area (Å²) in [5.41, 5.74) is 6.90. The molecule has 0 aliphatic carbocycles. The van der Waals surface area contributed by atoms with Crippen molar-refractivity contribution in [1.82, 2.24) is 9.55 Å². The Labute approximate surface area is 109 Å². The molecular formula is C13H12ClN3O. The normalized spacial score (nSPS) is 17.7. The van der Waals surface area contributed by atoms with Crippen molar-refractivity contribution in [2.24, 2.45) is 5.73 Å². The molecule has 1 atom stereocenters. The highest BCUT2D eigenvalue weighted by Gasteiger charge is 2.30. The maximum atomic E-state index is 11.4. The van der Waals surface area contributed by atoms with Gasteiger partial charge in [-0.25, -0.2) is 4.98 Å². The maximum absolute atomic E-state index is 11.4. The van der Waals surface area contributed by atoms with Crippen LogP contribution in [0.1, 0.15) is 27.8 Å². The summed E-state index contributed by atoms with van der Waals surface area (Å²) in [6.45, 7) is 0.706. The predicted octanol–water partition coefficient (Wildman–Crippen LogP) is 1.98. The van der Waals surface area contributed by atoms with E-state index in [9.17, 15) is 4.79 Å². The molecule has 2 heterocycles. The van der Waals surface area contributed by atoms with Crippen LogP contribution in [0.25, 0.3) is 0 Å². The maximum Gasteiger partial charge on any atom is 0.268 e. The van der Waals surface area contributed by atoms with Gasteiger partial charge in [0.1, 0.15) is 11.5 Å². The Morgan fingerprint density at radius 2 is 2.11 bits per heavy atom. The average Bonchev–Trinajstić information content (AvgIpc) is 2.85. The molecule has 1 unspecified atom stereocenters. The van der Waals surface area contributed by atoms with Crippen LogP contribution in [-0.2, 0) is 13.0 Å². The molecule has 3 rings (SSSR count). The number of nitrogens with zero attached hydrogens (tertiary/aromatic N) is 2. The molecule has 0 radical (unpaired) electrons. The zero-order valence-corrected chi connectivity index (χ0v) is 10.4. The summed E-state index contributed by atoms with van der Waals surface area (Å²) in [5.74, 6) is 0.652. The number of carbonyl (C=O) groups excluding carboxylic acids is 1. The number of aromatic nitrogens is 2. The molecule has 1 aromatic heterocycles. The number of benzene rings is 1. The van der Waals surface area contributed by atoms with Gasteiger partial charge in [-0.2, -0.15) is 0 Å². The third kappa shape index (κ3) is 1.69. The summed E-state index contributed by atoms with van der Waals surface area (Å²) in [7, 11) is 0. The van der Waals surface area contributed by atoms with Gasteiger partial charge in [0, 0.05) is 18.9 Å². The highest BCUT2D eigenvalue weighted by molar-refractivity contribution is 6.32. The van der Waals surface area contributed by atoms with Crippen LogP contribution in [-0.4, -0.2) is 15.5 Å². The number of hydrogen-bond donors (Lipinski definition) is 1. The van der Waals surface area contributed by atoms with Gasteiger partial charge in [-0.15, -0.1) is 0 Å². The fourth-order valence-corrected chi connectivity index (χ4v) is 2.80. The molecule has 4 nitrogen and oxygen atoms in total. The third-order valence-corrected chi connectivity index (χ3v) is 3.60. The zero-order valence-electron chi connectivity index (χ0n) is 9.64. The quantitative estimate of drug-likeness (QED) is 0.899. The Morgan fingerprint density at radius 3 is 2.78 bits per heavy atom. The van der Waals surface area contributed by atoms with Crippen LogP contribution in [0.4, 0.5) is 0 Å². The lowest BCUT2D eigenvalue weighted by Crippen LogP contribution is -2.17. The van der Waals surface area contributed by atoms with Crippen molar-refractivity contribution in [3.63, 3.8) is 0 Å². The lowest BCUT2D eigenvalue weighted by atomic mass is 9.98. The molecule has 0 spiro atoms. The van der Waals surface area contributed by atoms with E-state index in [4.69, 9.17) is 17.3 Å². The van der Waals surface area contributed by atoms with Crippen LogP contribution < -0.4 is 5.73 Å². The van der Waals surface area contributed by atoms with E-state index >= 15 is 0 Å². The molecule has 0 bridgehead atoms. The Kier molecular flexibility index (Phi) is 2.59. The number of halogens is 1. The van der Waals surface area contributed by atoms with Crippen LogP contribution in [0.3, 0.4) is 0 Å². The van der Waals surface area contributed by atoms with E-state index in [0.717, 1.165) is 12.2 Å². The van der Waals surface area contributed by atoms with E-state index < -0.39 is 5.91 Å². The lowest BCUT2D eigenvalue weighted by Gasteiger charge is -2.09. The van der Waals surface area contributed by atoms with Gasteiger partial charge in [0.25, 0.3) is 5.91 Å². The molecule has 2 N–H and O–H groups in total. The largest absolute Gasteiger partial charge is 0.364 e. The minimum absolute atomic E-state index is 0.212. The van der Waals surface area contributed by atoms with Gasteiger partial charge in [-0.1, -0.05) is 41.9 Å². The van der Waals surface area contributed by atoms with Crippen molar-refractivity contribution >= 4 is 17.5 Å². The second-order valence-corrected chi connectivity index (χ2v) is 4.81. The summed E-state index contributed by atoms with van der Waals surface area (Å²) in [6, 6.07) is 10.2. The minimum atomic E-state index is -0.521. The number of fused-ring (bicyclic) bond motifs is 1. The Balaban J connectivity index is 1.95. The summed E-state index contributed by atoms with van der Waals surface area (Å²) in [5, 5.41) is 0.212. The van der Waals surface area contributed by atoms with Crippen molar-refractivity contribution in [3.05, 3.63) is 52.6 Å². The summed E-state index contributed by atoms with van der Waals surface area (Å²) in [6.07, 6.45) is 0.789. The average molecular weight is 262 g/mol. The molecule has 1 aliphatic heterocycles. The van der Waals surface area contributed by atoms with Crippen LogP contribution >= 0.6 is 11.6 Å². The van der Waals surface area contributed by atoms with E-state index in [1.54, 1.807) is 0 Å². The Bertz CT molecular complexity index is 606. The first kappa shape index (κ1) is 11.3. The SMILES string of the molecule is NC(=O)c1c(Cl)nc2n1CC(c1ccccc1)C2. The molecule has 92 valence electrons. The lowest BCUT2D eigenvalue weighted by molar-refractivity contribution is 0.0991. The van der Waals surface area contributed by atoms with Gasteiger partial charge in [0.15, 0.2) is 5.15 Å². The van der Waals surface area contributed by atoms with E-state index in [2.05, 4.69) is 17.1 Å². The first-order chi connectivity index (χ1) is 8.66. The van der Waals surface area contributed by atoms with Crippen molar-refractivity contribution in [2.45, 2.75) is 18.9 Å². The Morgan fingerprint density at radius 1 is 1.39 bits per heavy atom. The molecule has 0 saturated carbocycles. The molecule has 2 aromatic rings. The molecule has 1 amide bonds. The first-order valence-electron chi connectivity index (χ1n) is 5.76.